The Morgan fingerprint density at radius 2 is 1.88 bits per heavy atom. The van der Waals surface area contributed by atoms with Gasteiger partial charge in [0.15, 0.2) is 0 Å². The Balaban J connectivity index is 0.00000121. The van der Waals surface area contributed by atoms with Gasteiger partial charge in [0, 0.05) is 32.9 Å². The first-order valence-electron chi connectivity index (χ1n) is 5.09. The van der Waals surface area contributed by atoms with E-state index in [0.717, 1.165) is 11.3 Å². The predicted molar refractivity (Wildman–Crippen MR) is 80.5 cm³/mol. The van der Waals surface area contributed by atoms with Crippen LogP contribution in [0.5, 0.6) is 5.75 Å². The minimum absolute atomic E-state index is 0.453. The van der Waals surface area contributed by atoms with Gasteiger partial charge in [0.25, 0.3) is 0 Å². The fourth-order valence-electron chi connectivity index (χ4n) is 1.20. The number of ether oxygens (including phenoxy) is 1. The van der Waals surface area contributed by atoms with Crippen molar-refractivity contribution in [2.75, 3.05) is 31.0 Å². The van der Waals surface area contributed by atoms with Gasteiger partial charge in [0.1, 0.15) is 5.75 Å². The highest BCUT2D eigenvalue weighted by atomic mass is 127. The molecule has 1 aromatic carbocycles. The zero-order chi connectivity index (χ0) is 13.4. The number of anilines is 1. The Kier molecular flexibility index (Phi) is 7.69. The van der Waals surface area contributed by atoms with Crippen molar-refractivity contribution in [1.29, 1.82) is 0 Å². The number of carbonyl (C=O) groups excluding carboxylic acids is 1. The van der Waals surface area contributed by atoms with E-state index < -0.39 is 6.09 Å². The number of carbonyl (C=O) groups is 1. The lowest BCUT2D eigenvalue weighted by molar-refractivity contribution is 0.203. The number of aryl methyl sites for hydroxylation is 1. The van der Waals surface area contributed by atoms with Gasteiger partial charge >= 0.3 is 6.09 Å². The minimum atomic E-state index is -0.453. The molecule has 0 aliphatic rings. The monoisotopic (exact) mass is 350 g/mol. The summed E-state index contributed by atoms with van der Waals surface area (Å²) in [6.45, 7) is 1.96. The molecule has 0 aliphatic heterocycles. The zero-order valence-electron chi connectivity index (χ0n) is 10.9. The van der Waals surface area contributed by atoms with Crippen LogP contribution >= 0.6 is 22.6 Å². The van der Waals surface area contributed by atoms with Crippen molar-refractivity contribution in [3.05, 3.63) is 23.8 Å². The molecule has 0 saturated heterocycles. The Labute approximate surface area is 116 Å². The molecule has 0 unspecified atom stereocenters. The molecule has 0 saturated carbocycles. The lowest BCUT2D eigenvalue weighted by Gasteiger charge is -2.14. The topological polar surface area (TPSA) is 41.6 Å². The highest BCUT2D eigenvalue weighted by molar-refractivity contribution is 14.1. The lowest BCUT2D eigenvalue weighted by Crippen LogP contribution is -2.22. The summed E-state index contributed by atoms with van der Waals surface area (Å²) in [7, 11) is 5.42. The average Bonchev–Trinajstić information content (AvgIpc) is 2.30. The third-order valence-corrected chi connectivity index (χ3v) is 1.97. The van der Waals surface area contributed by atoms with Crippen molar-refractivity contribution in [3.8, 4) is 5.75 Å². The molecule has 17 heavy (non-hydrogen) atoms. The first-order valence-corrected chi connectivity index (χ1v) is 7.25. The number of nitrogens with zero attached hydrogens (tertiary/aromatic N) is 1. The fourth-order valence-corrected chi connectivity index (χ4v) is 1.20. The van der Waals surface area contributed by atoms with E-state index >= 15 is 0 Å². The van der Waals surface area contributed by atoms with E-state index in [0.29, 0.717) is 5.75 Å². The Morgan fingerprint density at radius 1 is 1.29 bits per heavy atom. The normalized spacial score (nSPS) is 8.82. The van der Waals surface area contributed by atoms with Crippen molar-refractivity contribution in [3.63, 3.8) is 0 Å². The van der Waals surface area contributed by atoms with Crippen LogP contribution in [0.3, 0.4) is 0 Å². The van der Waals surface area contributed by atoms with Crippen molar-refractivity contribution >= 4 is 34.4 Å². The summed E-state index contributed by atoms with van der Waals surface area (Å²) in [6.07, 6.45) is -0.453. The molecule has 0 aromatic heterocycles. The van der Waals surface area contributed by atoms with Crippen LogP contribution in [0.15, 0.2) is 18.2 Å². The molecular formula is C12H19IN2O2. The number of benzene rings is 1. The standard InChI is InChI=1S/C11H16N2O2.CH3I/c1-8-5-9(13(3)4)7-10(6-8)15-11(14)12-2;1-2/h5-7H,1-4H3,(H,12,14);1H3. The van der Waals surface area contributed by atoms with E-state index in [2.05, 4.69) is 27.9 Å². The van der Waals surface area contributed by atoms with Gasteiger partial charge in [-0.2, -0.15) is 0 Å². The summed E-state index contributed by atoms with van der Waals surface area (Å²) in [4.78, 5) is 15.0. The molecule has 1 aromatic rings. The smallest absolute Gasteiger partial charge is 0.410 e. The lowest BCUT2D eigenvalue weighted by atomic mass is 10.2. The number of hydrogen-bond acceptors (Lipinski definition) is 3. The molecule has 1 amide bonds. The maximum absolute atomic E-state index is 11.0. The van der Waals surface area contributed by atoms with Gasteiger partial charge < -0.3 is 15.0 Å². The molecule has 96 valence electrons. The Hall–Kier alpha value is -0.980. The molecule has 0 heterocycles. The van der Waals surface area contributed by atoms with Gasteiger partial charge in [-0.25, -0.2) is 4.79 Å². The predicted octanol–water partition coefficient (Wildman–Crippen LogP) is 2.83. The van der Waals surface area contributed by atoms with Gasteiger partial charge in [0.2, 0.25) is 0 Å². The van der Waals surface area contributed by atoms with Gasteiger partial charge in [-0.05, 0) is 29.6 Å². The molecular weight excluding hydrogens is 331 g/mol. The molecule has 5 heteroatoms. The summed E-state index contributed by atoms with van der Waals surface area (Å²) in [5.74, 6) is 0.554. The van der Waals surface area contributed by atoms with Crippen LogP contribution in [0.25, 0.3) is 0 Å². The second kappa shape index (κ2) is 8.16. The Bertz CT molecular complexity index is 368. The van der Waals surface area contributed by atoms with Crippen molar-refractivity contribution in [2.24, 2.45) is 0 Å². The van der Waals surface area contributed by atoms with Crippen molar-refractivity contribution in [2.45, 2.75) is 6.92 Å². The second-order valence-corrected chi connectivity index (χ2v) is 3.54. The highest BCUT2D eigenvalue weighted by Gasteiger charge is 2.04. The van der Waals surface area contributed by atoms with Crippen molar-refractivity contribution in [1.82, 2.24) is 5.32 Å². The summed E-state index contributed by atoms with van der Waals surface area (Å²) < 4.78 is 5.06. The van der Waals surface area contributed by atoms with E-state index in [1.54, 1.807) is 0 Å². The van der Waals surface area contributed by atoms with E-state index in [4.69, 9.17) is 4.74 Å². The minimum Gasteiger partial charge on any atom is -0.410 e. The first-order chi connectivity index (χ1) is 8.02. The zero-order valence-corrected chi connectivity index (χ0v) is 13.0. The first kappa shape index (κ1) is 16.0. The van der Waals surface area contributed by atoms with Crippen LogP contribution < -0.4 is 15.0 Å². The Morgan fingerprint density at radius 3 is 2.35 bits per heavy atom. The number of alkyl halides is 1. The number of amides is 1. The number of nitrogens with one attached hydrogen (secondary N) is 1. The van der Waals surface area contributed by atoms with Crippen LogP contribution in [0.4, 0.5) is 10.5 Å². The van der Waals surface area contributed by atoms with E-state index in [9.17, 15) is 4.79 Å². The van der Waals surface area contributed by atoms with Crippen LogP contribution in [0, 0.1) is 6.92 Å². The molecule has 0 fully saturated rings. The molecule has 1 N–H and O–H groups in total. The molecule has 0 spiro atoms. The largest absolute Gasteiger partial charge is 0.412 e. The number of hydrogen-bond donors (Lipinski definition) is 1. The van der Waals surface area contributed by atoms with Crippen LogP contribution in [-0.4, -0.2) is 32.2 Å². The van der Waals surface area contributed by atoms with Gasteiger partial charge in [-0.1, -0.05) is 22.6 Å². The summed E-state index contributed by atoms with van der Waals surface area (Å²) in [5, 5.41) is 2.41. The molecule has 0 bridgehead atoms. The summed E-state index contributed by atoms with van der Waals surface area (Å²) in [5.41, 5.74) is 2.06. The second-order valence-electron chi connectivity index (χ2n) is 3.54. The number of rotatable bonds is 2. The van der Waals surface area contributed by atoms with E-state index in [1.807, 2.05) is 49.0 Å². The summed E-state index contributed by atoms with van der Waals surface area (Å²) in [6, 6.07) is 5.67. The quantitative estimate of drug-likeness (QED) is 0.659. The van der Waals surface area contributed by atoms with Gasteiger partial charge in [-0.15, -0.1) is 0 Å². The average molecular weight is 350 g/mol. The maximum atomic E-state index is 11.0. The third kappa shape index (κ3) is 5.76. The van der Waals surface area contributed by atoms with Crippen LogP contribution in [-0.2, 0) is 0 Å². The van der Waals surface area contributed by atoms with Gasteiger partial charge in [-0.3, -0.25) is 0 Å². The highest BCUT2D eigenvalue weighted by Crippen LogP contribution is 2.22. The molecule has 0 radical (unpaired) electrons. The van der Waals surface area contributed by atoms with E-state index in [1.165, 1.54) is 7.05 Å². The number of halogens is 1. The fraction of sp³-hybridized carbons (Fsp3) is 0.417. The van der Waals surface area contributed by atoms with Crippen molar-refractivity contribution < 1.29 is 9.53 Å². The van der Waals surface area contributed by atoms with Crippen LogP contribution in [0.1, 0.15) is 5.56 Å². The van der Waals surface area contributed by atoms with Crippen LogP contribution in [0.2, 0.25) is 0 Å². The molecule has 0 atom stereocenters. The van der Waals surface area contributed by atoms with Gasteiger partial charge in [0.05, 0.1) is 0 Å². The summed E-state index contributed by atoms with van der Waals surface area (Å²) >= 11 is 2.15. The maximum Gasteiger partial charge on any atom is 0.412 e. The van der Waals surface area contributed by atoms with E-state index in [-0.39, 0.29) is 0 Å². The SMILES string of the molecule is CI.CNC(=O)Oc1cc(C)cc(N(C)C)c1. The molecule has 0 aliphatic carbocycles. The third-order valence-electron chi connectivity index (χ3n) is 1.97. The molecule has 4 nitrogen and oxygen atoms in total. The molecule has 1 rings (SSSR count).